The summed E-state index contributed by atoms with van der Waals surface area (Å²) < 4.78 is 11.0. The van der Waals surface area contributed by atoms with E-state index in [1.807, 2.05) is 6.07 Å². The lowest BCUT2D eigenvalue weighted by Crippen LogP contribution is -2.32. The Hall–Kier alpha value is -1.74. The molecule has 134 valence electrons. The Balaban J connectivity index is 1.49. The summed E-state index contributed by atoms with van der Waals surface area (Å²) in [6.07, 6.45) is 3.58. The summed E-state index contributed by atoms with van der Waals surface area (Å²) in [5.41, 5.74) is 10.8. The molecule has 2 aliphatic rings. The molecular formula is C20H27N3O2. The number of rotatable bonds is 7. The van der Waals surface area contributed by atoms with Crippen molar-refractivity contribution in [3.63, 3.8) is 0 Å². The van der Waals surface area contributed by atoms with Crippen molar-refractivity contribution in [3.8, 4) is 11.8 Å². The van der Waals surface area contributed by atoms with E-state index in [1.165, 1.54) is 12.8 Å². The van der Waals surface area contributed by atoms with Gasteiger partial charge in [-0.25, -0.2) is 5.53 Å². The second kappa shape index (κ2) is 9.10. The lowest BCUT2D eigenvalue weighted by atomic mass is 9.99. The van der Waals surface area contributed by atoms with Gasteiger partial charge in [-0.3, -0.25) is 0 Å². The molecule has 1 heterocycles. The predicted molar refractivity (Wildman–Crippen MR) is 96.7 cm³/mol. The Morgan fingerprint density at radius 2 is 2.24 bits per heavy atom. The molecule has 0 spiro atoms. The average molecular weight is 341 g/mol. The number of nitrogens with zero attached hydrogens (tertiary/aromatic N) is 1. The topological polar surface area (TPSA) is 66.7 Å². The molecule has 0 aromatic heterocycles. The van der Waals surface area contributed by atoms with Crippen molar-refractivity contribution in [1.29, 1.82) is 5.53 Å². The van der Waals surface area contributed by atoms with Crippen LogP contribution in [0.25, 0.3) is 0 Å². The van der Waals surface area contributed by atoms with Gasteiger partial charge in [-0.05, 0) is 56.0 Å². The Morgan fingerprint density at radius 1 is 1.36 bits per heavy atom. The molecule has 0 bridgehead atoms. The normalized spacial score (nSPS) is 21.2. The average Bonchev–Trinajstić information content (AvgIpc) is 3.46. The first-order valence-electron chi connectivity index (χ1n) is 9.15. The summed E-state index contributed by atoms with van der Waals surface area (Å²) in [5, 5.41) is 7.21. The molecule has 2 N–H and O–H groups in total. The van der Waals surface area contributed by atoms with Gasteiger partial charge in [0.1, 0.15) is 6.04 Å². The van der Waals surface area contributed by atoms with Crippen LogP contribution in [-0.4, -0.2) is 39.0 Å². The summed E-state index contributed by atoms with van der Waals surface area (Å²) in [7, 11) is 0. The van der Waals surface area contributed by atoms with Gasteiger partial charge in [0.05, 0.1) is 25.9 Å². The standard InChI is InChI=1S/C20H27N3O2/c1-15-12-17(5-4-16-2-3-16)6-7-19(15)20(23-21)13-22-9-8-18-14-24-10-11-25-18/h6-7,12,16,18,20-22H,2-3,8-11,13-14H2,1H3. The minimum atomic E-state index is -0.158. The predicted octanol–water partition coefficient (Wildman–Crippen LogP) is 3.22. The summed E-state index contributed by atoms with van der Waals surface area (Å²) >= 11 is 0. The van der Waals surface area contributed by atoms with E-state index in [1.54, 1.807) is 0 Å². The fraction of sp³-hybridized carbons (Fsp3) is 0.600. The van der Waals surface area contributed by atoms with E-state index in [9.17, 15) is 0 Å². The van der Waals surface area contributed by atoms with Crippen LogP contribution in [0.1, 0.15) is 42.0 Å². The molecule has 3 rings (SSSR count). The summed E-state index contributed by atoms with van der Waals surface area (Å²) in [4.78, 5) is 0. The number of hydrogen-bond acceptors (Lipinski definition) is 5. The van der Waals surface area contributed by atoms with Crippen LogP contribution in [0.5, 0.6) is 0 Å². The van der Waals surface area contributed by atoms with E-state index >= 15 is 0 Å². The highest BCUT2D eigenvalue weighted by Gasteiger charge is 2.18. The number of hydrogen-bond donors (Lipinski definition) is 2. The minimum absolute atomic E-state index is 0.158. The van der Waals surface area contributed by atoms with Crippen molar-refractivity contribution in [2.75, 3.05) is 32.9 Å². The molecule has 0 amide bonds. The van der Waals surface area contributed by atoms with Crippen LogP contribution in [0.2, 0.25) is 0 Å². The van der Waals surface area contributed by atoms with Gasteiger partial charge in [0.25, 0.3) is 0 Å². The van der Waals surface area contributed by atoms with Gasteiger partial charge in [-0.2, -0.15) is 5.11 Å². The van der Waals surface area contributed by atoms with Crippen LogP contribution in [0, 0.1) is 30.2 Å². The Bertz CT molecular complexity index is 640. The van der Waals surface area contributed by atoms with Gasteiger partial charge in [-0.1, -0.05) is 17.9 Å². The molecule has 25 heavy (non-hydrogen) atoms. The fourth-order valence-electron chi connectivity index (χ4n) is 2.97. The van der Waals surface area contributed by atoms with Crippen LogP contribution in [0.15, 0.2) is 23.3 Å². The van der Waals surface area contributed by atoms with Gasteiger partial charge in [-0.15, -0.1) is 0 Å². The first kappa shape index (κ1) is 18.1. The third-order valence-electron chi connectivity index (χ3n) is 4.65. The van der Waals surface area contributed by atoms with E-state index in [-0.39, 0.29) is 12.1 Å². The molecule has 5 heteroatoms. The largest absolute Gasteiger partial charge is 0.376 e. The van der Waals surface area contributed by atoms with Crippen LogP contribution in [0.4, 0.5) is 0 Å². The lowest BCUT2D eigenvalue weighted by molar-refractivity contribution is -0.0901. The molecule has 2 unspecified atom stereocenters. The number of ether oxygens (including phenoxy) is 2. The molecule has 1 aromatic carbocycles. The van der Waals surface area contributed by atoms with Crippen molar-refractivity contribution in [2.45, 2.75) is 38.3 Å². The Kier molecular flexibility index (Phi) is 6.57. The molecule has 0 radical (unpaired) electrons. The summed E-state index contributed by atoms with van der Waals surface area (Å²) in [5.74, 6) is 7.15. The molecule has 1 aliphatic carbocycles. The van der Waals surface area contributed by atoms with Crippen molar-refractivity contribution < 1.29 is 9.47 Å². The molecule has 2 atom stereocenters. The zero-order valence-electron chi connectivity index (χ0n) is 14.9. The maximum absolute atomic E-state index is 7.54. The quantitative estimate of drug-likeness (QED) is 0.455. The van der Waals surface area contributed by atoms with Crippen molar-refractivity contribution in [3.05, 3.63) is 34.9 Å². The van der Waals surface area contributed by atoms with Crippen LogP contribution in [-0.2, 0) is 9.47 Å². The molecule has 5 nitrogen and oxygen atoms in total. The molecule has 1 saturated carbocycles. The maximum atomic E-state index is 7.54. The highest BCUT2D eigenvalue weighted by molar-refractivity contribution is 5.42. The summed E-state index contributed by atoms with van der Waals surface area (Å²) in [6.45, 7) is 5.63. The minimum Gasteiger partial charge on any atom is -0.376 e. The number of benzene rings is 1. The highest BCUT2D eigenvalue weighted by atomic mass is 16.6. The molecule has 1 saturated heterocycles. The molecule has 1 aromatic rings. The van der Waals surface area contributed by atoms with Gasteiger partial charge >= 0.3 is 0 Å². The first-order chi connectivity index (χ1) is 12.3. The monoisotopic (exact) mass is 341 g/mol. The molecule has 1 aliphatic heterocycles. The van der Waals surface area contributed by atoms with E-state index < -0.39 is 0 Å². The fourth-order valence-corrected chi connectivity index (χ4v) is 2.97. The zero-order valence-corrected chi connectivity index (χ0v) is 14.9. The van der Waals surface area contributed by atoms with Crippen molar-refractivity contribution in [2.24, 2.45) is 11.0 Å². The molecular weight excluding hydrogens is 314 g/mol. The maximum Gasteiger partial charge on any atom is 0.108 e. The highest BCUT2D eigenvalue weighted by Crippen LogP contribution is 2.28. The van der Waals surface area contributed by atoms with E-state index in [4.69, 9.17) is 15.0 Å². The number of aryl methyl sites for hydroxylation is 1. The van der Waals surface area contributed by atoms with Crippen LogP contribution >= 0.6 is 0 Å². The van der Waals surface area contributed by atoms with Crippen molar-refractivity contribution in [1.82, 2.24) is 5.32 Å². The second-order valence-corrected chi connectivity index (χ2v) is 6.82. The van der Waals surface area contributed by atoms with Gasteiger partial charge in [0.2, 0.25) is 0 Å². The van der Waals surface area contributed by atoms with Crippen LogP contribution < -0.4 is 5.32 Å². The SMILES string of the molecule is Cc1cc(C#CC2CC2)ccc1C(CNCCC1COCCO1)N=N. The van der Waals surface area contributed by atoms with Gasteiger partial charge < -0.3 is 14.8 Å². The van der Waals surface area contributed by atoms with Gasteiger partial charge in [0, 0.05) is 18.0 Å². The number of nitrogens with one attached hydrogen (secondary N) is 2. The lowest BCUT2D eigenvalue weighted by Gasteiger charge is -2.23. The third kappa shape index (κ3) is 5.64. The van der Waals surface area contributed by atoms with E-state index in [2.05, 4.69) is 41.3 Å². The molecule has 2 fully saturated rings. The first-order valence-corrected chi connectivity index (χ1v) is 9.15. The Labute approximate surface area is 150 Å². The van der Waals surface area contributed by atoms with E-state index in [0.717, 1.165) is 29.7 Å². The summed E-state index contributed by atoms with van der Waals surface area (Å²) in [6, 6.07) is 6.06. The smallest absolute Gasteiger partial charge is 0.108 e. The zero-order chi connectivity index (χ0) is 17.5. The third-order valence-corrected chi connectivity index (χ3v) is 4.65. The second-order valence-electron chi connectivity index (χ2n) is 6.82. The van der Waals surface area contributed by atoms with Gasteiger partial charge in [0.15, 0.2) is 0 Å². The Morgan fingerprint density at radius 3 is 2.92 bits per heavy atom. The van der Waals surface area contributed by atoms with E-state index in [0.29, 0.717) is 32.3 Å². The van der Waals surface area contributed by atoms with Crippen molar-refractivity contribution >= 4 is 0 Å². The van der Waals surface area contributed by atoms with Crippen LogP contribution in [0.3, 0.4) is 0 Å².